The van der Waals surface area contributed by atoms with Gasteiger partial charge in [0.05, 0.1) is 0 Å². The number of rotatable bonds is 5. The van der Waals surface area contributed by atoms with E-state index in [1.165, 1.54) is 11.8 Å². The van der Waals surface area contributed by atoms with E-state index in [4.69, 9.17) is 11.6 Å². The minimum atomic E-state index is -6.47. The van der Waals surface area contributed by atoms with Gasteiger partial charge in [0, 0.05) is 42.6 Å². The Labute approximate surface area is 189 Å². The van der Waals surface area contributed by atoms with E-state index in [0.717, 1.165) is 17.3 Å². The number of piperazine rings is 1. The number of hydrogen-bond donors (Lipinski definition) is 0. The molecule has 3 rings (SSSR count). The smallest absolute Gasteiger partial charge is 0.368 e. The molecule has 1 aromatic heterocycles. The van der Waals surface area contributed by atoms with Crippen LogP contribution in [-0.2, 0) is 17.3 Å². The van der Waals surface area contributed by atoms with Gasteiger partial charge in [-0.25, -0.2) is 0 Å². The number of halogens is 8. The molecule has 1 aliphatic heterocycles. The van der Waals surface area contributed by atoms with Crippen LogP contribution in [0.2, 0.25) is 5.02 Å². The van der Waals surface area contributed by atoms with Gasteiger partial charge in [0.2, 0.25) is 5.91 Å². The van der Waals surface area contributed by atoms with Crippen LogP contribution in [0.3, 0.4) is 0 Å². The van der Waals surface area contributed by atoms with Gasteiger partial charge in [0.1, 0.15) is 12.2 Å². The van der Waals surface area contributed by atoms with E-state index in [0.29, 0.717) is 31.2 Å². The topological polar surface area (TPSA) is 41.4 Å². The number of aromatic nitrogens is 2. The van der Waals surface area contributed by atoms with Crippen molar-refractivity contribution in [3.8, 4) is 0 Å². The van der Waals surface area contributed by atoms with E-state index >= 15 is 0 Å². The highest BCUT2D eigenvalue weighted by molar-refractivity contribution is 6.30. The van der Waals surface area contributed by atoms with Crippen LogP contribution in [0.1, 0.15) is 17.0 Å². The van der Waals surface area contributed by atoms with Crippen molar-refractivity contribution in [3.63, 3.8) is 0 Å². The van der Waals surface area contributed by atoms with Crippen molar-refractivity contribution in [2.75, 3.05) is 31.1 Å². The molecule has 0 saturated carbocycles. The van der Waals surface area contributed by atoms with Crippen LogP contribution in [0, 0.1) is 13.8 Å². The zero-order valence-electron chi connectivity index (χ0n) is 17.6. The molecule has 33 heavy (non-hydrogen) atoms. The molecular weight excluding hydrogens is 481 g/mol. The second kappa shape index (κ2) is 8.69. The van der Waals surface area contributed by atoms with Crippen LogP contribution < -0.4 is 4.90 Å². The quantitative estimate of drug-likeness (QED) is 0.554. The lowest BCUT2D eigenvalue weighted by molar-refractivity contribution is -0.360. The van der Waals surface area contributed by atoms with Crippen LogP contribution in [0.5, 0.6) is 0 Å². The van der Waals surface area contributed by atoms with Crippen LogP contribution in [-0.4, -0.2) is 58.9 Å². The average molecular weight is 501 g/mol. The third-order valence-electron chi connectivity index (χ3n) is 5.66. The van der Waals surface area contributed by atoms with Gasteiger partial charge in [-0.05, 0) is 43.7 Å². The lowest BCUT2D eigenvalue weighted by atomic mass is 10.0. The van der Waals surface area contributed by atoms with Gasteiger partial charge in [0.15, 0.2) is 0 Å². The summed E-state index contributed by atoms with van der Waals surface area (Å²) in [4.78, 5) is 16.1. The van der Waals surface area contributed by atoms with Crippen LogP contribution in [0.25, 0.3) is 0 Å². The van der Waals surface area contributed by atoms with E-state index in [1.807, 2.05) is 17.0 Å². The molecule has 0 spiro atoms. The fraction of sp³-hybridized carbons (Fsp3) is 0.500. The first-order valence-electron chi connectivity index (χ1n) is 9.82. The molecule has 0 atom stereocenters. The molecule has 1 saturated heterocycles. The van der Waals surface area contributed by atoms with Crippen LogP contribution in [0.4, 0.5) is 36.4 Å². The van der Waals surface area contributed by atoms with Gasteiger partial charge < -0.3 is 9.80 Å². The van der Waals surface area contributed by atoms with Crippen molar-refractivity contribution in [2.24, 2.45) is 0 Å². The molecule has 0 radical (unpaired) electrons. The number of alkyl halides is 7. The van der Waals surface area contributed by atoms with Gasteiger partial charge in [0.25, 0.3) is 0 Å². The Morgan fingerprint density at radius 2 is 1.52 bits per heavy atom. The molecule has 1 aliphatic rings. The Kier molecular flexibility index (Phi) is 6.62. The predicted octanol–water partition coefficient (Wildman–Crippen LogP) is 4.79. The zero-order chi connectivity index (χ0) is 24.8. The Bertz CT molecular complexity index is 1010. The largest absolute Gasteiger partial charge is 0.460 e. The number of benzene rings is 1. The molecule has 2 heterocycles. The zero-order valence-corrected chi connectivity index (χ0v) is 18.3. The van der Waals surface area contributed by atoms with E-state index < -0.39 is 41.7 Å². The summed E-state index contributed by atoms with van der Waals surface area (Å²) in [6.07, 6.45) is -6.47. The molecule has 1 fully saturated rings. The monoisotopic (exact) mass is 500 g/mol. The summed E-state index contributed by atoms with van der Waals surface area (Å²) >= 11 is 5.87. The third kappa shape index (κ3) is 4.62. The highest BCUT2D eigenvalue weighted by Gasteiger charge is 2.74. The normalized spacial score (nSPS) is 15.8. The molecular formula is C20H20ClF7N4O. The van der Waals surface area contributed by atoms with Crippen molar-refractivity contribution in [2.45, 2.75) is 38.4 Å². The maximum atomic E-state index is 14.2. The molecule has 0 unspecified atom stereocenters. The maximum Gasteiger partial charge on any atom is 0.460 e. The van der Waals surface area contributed by atoms with Crippen molar-refractivity contribution < 1.29 is 35.5 Å². The molecule has 0 aliphatic carbocycles. The SMILES string of the molecule is Cc1c(C(F)(F)C(F)(F)C(F)(F)F)nn(CC(=O)N2CCN(c3ccc(Cl)cc3)CC2)c1C. The lowest BCUT2D eigenvalue weighted by Gasteiger charge is -2.36. The lowest BCUT2D eigenvalue weighted by Crippen LogP contribution is -2.50. The molecule has 182 valence electrons. The highest BCUT2D eigenvalue weighted by atomic mass is 35.5. The van der Waals surface area contributed by atoms with E-state index in [9.17, 15) is 35.5 Å². The summed E-state index contributed by atoms with van der Waals surface area (Å²) in [6.45, 7) is 3.17. The van der Waals surface area contributed by atoms with Gasteiger partial charge in [-0.1, -0.05) is 11.6 Å². The minimum absolute atomic E-state index is 0.101. The maximum absolute atomic E-state index is 14.2. The standard InChI is InChI=1S/C20H20ClF7N4O/c1-12-13(2)32(29-17(12)18(22,23)19(24,25)20(26,27)28)11-16(33)31-9-7-30(8-10-31)15-5-3-14(21)4-6-15/h3-6H,7-11H2,1-2H3. The molecule has 1 aromatic carbocycles. The number of nitrogens with zero attached hydrogens (tertiary/aromatic N) is 4. The Balaban J connectivity index is 1.72. The summed E-state index contributed by atoms with van der Waals surface area (Å²) in [5, 5.41) is 3.86. The Morgan fingerprint density at radius 1 is 0.970 bits per heavy atom. The molecule has 0 bridgehead atoms. The average Bonchev–Trinajstić information content (AvgIpc) is 3.02. The highest BCUT2D eigenvalue weighted by Crippen LogP contribution is 2.52. The minimum Gasteiger partial charge on any atom is -0.368 e. The van der Waals surface area contributed by atoms with Crippen LogP contribution >= 0.6 is 11.6 Å². The first-order chi connectivity index (χ1) is 15.2. The number of anilines is 1. The number of carbonyl (C=O) groups excluding carboxylic acids is 1. The van der Waals surface area contributed by atoms with Crippen molar-refractivity contribution >= 4 is 23.2 Å². The van der Waals surface area contributed by atoms with E-state index in [-0.39, 0.29) is 5.69 Å². The fourth-order valence-electron chi connectivity index (χ4n) is 3.51. The summed E-state index contributed by atoms with van der Waals surface area (Å²) < 4.78 is 93.6. The van der Waals surface area contributed by atoms with Crippen molar-refractivity contribution in [3.05, 3.63) is 46.2 Å². The van der Waals surface area contributed by atoms with Gasteiger partial charge in [-0.3, -0.25) is 9.48 Å². The second-order valence-corrected chi connectivity index (χ2v) is 8.14. The van der Waals surface area contributed by atoms with Crippen LogP contribution in [0.15, 0.2) is 24.3 Å². The first-order valence-corrected chi connectivity index (χ1v) is 10.2. The fourth-order valence-corrected chi connectivity index (χ4v) is 3.63. The summed E-state index contributed by atoms with van der Waals surface area (Å²) in [5.41, 5.74) is -1.44. The van der Waals surface area contributed by atoms with Crippen molar-refractivity contribution in [1.29, 1.82) is 0 Å². The Hall–Kier alpha value is -2.50. The number of carbonyl (C=O) groups is 1. The second-order valence-electron chi connectivity index (χ2n) is 7.71. The van der Waals surface area contributed by atoms with E-state index in [1.54, 1.807) is 12.1 Å². The van der Waals surface area contributed by atoms with Crippen molar-refractivity contribution in [1.82, 2.24) is 14.7 Å². The van der Waals surface area contributed by atoms with Gasteiger partial charge in [-0.15, -0.1) is 0 Å². The summed E-state index contributed by atoms with van der Waals surface area (Å²) in [7, 11) is 0. The molecule has 13 heteroatoms. The Morgan fingerprint density at radius 3 is 2.03 bits per heavy atom. The molecule has 5 nitrogen and oxygen atoms in total. The molecule has 2 aromatic rings. The number of hydrogen-bond acceptors (Lipinski definition) is 3. The van der Waals surface area contributed by atoms with E-state index in [2.05, 4.69) is 5.10 Å². The van der Waals surface area contributed by atoms with Gasteiger partial charge >= 0.3 is 18.0 Å². The molecule has 1 amide bonds. The number of amides is 1. The third-order valence-corrected chi connectivity index (χ3v) is 5.91. The van der Waals surface area contributed by atoms with Gasteiger partial charge in [-0.2, -0.15) is 35.8 Å². The summed E-state index contributed by atoms with van der Waals surface area (Å²) in [6, 6.07) is 7.11. The summed E-state index contributed by atoms with van der Waals surface area (Å²) in [5.74, 6) is -12.4. The predicted molar refractivity (Wildman–Crippen MR) is 107 cm³/mol. The molecule has 0 N–H and O–H groups in total. The first kappa shape index (κ1) is 25.1.